The molecule has 96 valence electrons. The minimum absolute atomic E-state index is 0.458. The molecule has 0 saturated heterocycles. The highest BCUT2D eigenvalue weighted by Crippen LogP contribution is 2.36. The van der Waals surface area contributed by atoms with E-state index in [1.165, 1.54) is 0 Å². The molecule has 1 aromatic rings. The number of rotatable bonds is 3. The topological polar surface area (TPSA) is 85.1 Å². The molecule has 0 aliphatic heterocycles. The van der Waals surface area contributed by atoms with E-state index >= 15 is 0 Å². The van der Waals surface area contributed by atoms with E-state index in [9.17, 15) is 8.42 Å². The van der Waals surface area contributed by atoms with Gasteiger partial charge in [0.1, 0.15) is 0 Å². The van der Waals surface area contributed by atoms with E-state index in [1.807, 2.05) is 0 Å². The van der Waals surface area contributed by atoms with Crippen LogP contribution in [0.4, 0.5) is 0 Å². The Morgan fingerprint density at radius 3 is 2.41 bits per heavy atom. The number of aromatic nitrogens is 2. The van der Waals surface area contributed by atoms with Gasteiger partial charge in [0.15, 0.2) is 5.82 Å². The van der Waals surface area contributed by atoms with Gasteiger partial charge in [-0.05, 0) is 12.8 Å². The number of hydrogen-bond donors (Lipinski definition) is 1. The summed E-state index contributed by atoms with van der Waals surface area (Å²) in [4.78, 5) is 4.19. The van der Waals surface area contributed by atoms with Gasteiger partial charge in [0.2, 0.25) is 15.9 Å². The normalized spacial score (nSPS) is 20.4. The lowest BCUT2D eigenvalue weighted by atomic mass is 9.82. The van der Waals surface area contributed by atoms with Gasteiger partial charge in [0.05, 0.1) is 11.8 Å². The van der Waals surface area contributed by atoms with Crippen molar-refractivity contribution >= 4 is 10.0 Å². The first-order valence-electron chi connectivity index (χ1n) is 5.71. The Bertz CT molecular complexity index is 489. The number of aryl methyl sites for hydroxylation is 1. The lowest BCUT2D eigenvalue weighted by Gasteiger charge is -2.34. The molecule has 2 rings (SSSR count). The van der Waals surface area contributed by atoms with Crippen LogP contribution in [0.1, 0.15) is 43.8 Å². The molecule has 1 aromatic heterocycles. The van der Waals surface area contributed by atoms with Crippen LogP contribution in [-0.4, -0.2) is 24.8 Å². The van der Waals surface area contributed by atoms with Gasteiger partial charge in [0.25, 0.3) is 0 Å². The maximum absolute atomic E-state index is 11.5. The maximum atomic E-state index is 11.5. The largest absolute Gasteiger partial charge is 0.340 e. The fourth-order valence-corrected chi connectivity index (χ4v) is 3.38. The molecule has 1 fully saturated rings. The molecule has 0 aromatic carbocycles. The first kappa shape index (κ1) is 12.5. The second-order valence-corrected chi connectivity index (χ2v) is 6.40. The zero-order chi connectivity index (χ0) is 12.5. The summed E-state index contributed by atoms with van der Waals surface area (Å²) < 4.78 is 30.6. The van der Waals surface area contributed by atoms with Gasteiger partial charge >= 0.3 is 0 Å². The zero-order valence-electron chi connectivity index (χ0n) is 10.1. The monoisotopic (exact) mass is 259 g/mol. The third kappa shape index (κ3) is 2.84. The van der Waals surface area contributed by atoms with Crippen LogP contribution in [-0.2, 0) is 15.6 Å². The summed E-state index contributed by atoms with van der Waals surface area (Å²) in [7, 11) is -3.29. The van der Waals surface area contributed by atoms with Crippen LogP contribution in [0.3, 0.4) is 0 Å². The second-order valence-electron chi connectivity index (χ2n) is 4.65. The molecule has 1 aliphatic rings. The second kappa shape index (κ2) is 4.38. The quantitative estimate of drug-likeness (QED) is 0.878. The summed E-state index contributed by atoms with van der Waals surface area (Å²) in [5.41, 5.74) is -0.677. The minimum atomic E-state index is -3.29. The number of sulfonamides is 1. The molecule has 17 heavy (non-hydrogen) atoms. The van der Waals surface area contributed by atoms with E-state index in [-0.39, 0.29) is 0 Å². The molecule has 0 radical (unpaired) electrons. The van der Waals surface area contributed by atoms with Crippen LogP contribution < -0.4 is 4.72 Å². The number of nitrogens with zero attached hydrogens (tertiary/aromatic N) is 2. The van der Waals surface area contributed by atoms with Crippen molar-refractivity contribution in [3.8, 4) is 0 Å². The minimum Gasteiger partial charge on any atom is -0.340 e. The van der Waals surface area contributed by atoms with Crippen LogP contribution in [0.2, 0.25) is 0 Å². The van der Waals surface area contributed by atoms with Gasteiger partial charge in [-0.15, -0.1) is 0 Å². The fourth-order valence-electron chi connectivity index (χ4n) is 2.38. The van der Waals surface area contributed by atoms with Crippen LogP contribution in [0.15, 0.2) is 4.52 Å². The van der Waals surface area contributed by atoms with Crippen molar-refractivity contribution in [2.24, 2.45) is 0 Å². The van der Waals surface area contributed by atoms with Crippen molar-refractivity contribution in [2.45, 2.75) is 44.6 Å². The summed E-state index contributed by atoms with van der Waals surface area (Å²) >= 11 is 0. The van der Waals surface area contributed by atoms with E-state index in [0.29, 0.717) is 11.7 Å². The maximum Gasteiger partial charge on any atom is 0.223 e. The fraction of sp³-hybridized carbons (Fsp3) is 0.800. The van der Waals surface area contributed by atoms with Crippen molar-refractivity contribution < 1.29 is 12.9 Å². The molecule has 6 nitrogen and oxygen atoms in total. The van der Waals surface area contributed by atoms with Crippen LogP contribution in [0.25, 0.3) is 0 Å². The summed E-state index contributed by atoms with van der Waals surface area (Å²) in [6, 6.07) is 0. The van der Waals surface area contributed by atoms with Crippen LogP contribution >= 0.6 is 0 Å². The van der Waals surface area contributed by atoms with E-state index in [1.54, 1.807) is 6.92 Å². The molecule has 7 heteroatoms. The number of hydrogen-bond acceptors (Lipinski definition) is 5. The summed E-state index contributed by atoms with van der Waals surface area (Å²) in [6.45, 7) is 1.70. The Labute approximate surface area is 101 Å². The molecule has 0 atom stereocenters. The average molecular weight is 259 g/mol. The lowest BCUT2D eigenvalue weighted by molar-refractivity contribution is 0.249. The molecule has 1 aliphatic carbocycles. The predicted octanol–water partition coefficient (Wildman–Crippen LogP) is 1.09. The van der Waals surface area contributed by atoms with Crippen LogP contribution in [0.5, 0.6) is 0 Å². The molecule has 0 spiro atoms. The van der Waals surface area contributed by atoms with E-state index in [0.717, 1.165) is 38.4 Å². The molecule has 1 N–H and O–H groups in total. The van der Waals surface area contributed by atoms with Gasteiger partial charge in [-0.3, -0.25) is 0 Å². The van der Waals surface area contributed by atoms with E-state index < -0.39 is 15.6 Å². The Balaban J connectivity index is 2.36. The zero-order valence-corrected chi connectivity index (χ0v) is 10.9. The molecule has 1 saturated carbocycles. The third-order valence-corrected chi connectivity index (χ3v) is 3.81. The highest BCUT2D eigenvalue weighted by Gasteiger charge is 2.40. The Hall–Kier alpha value is -0.950. The van der Waals surface area contributed by atoms with Crippen molar-refractivity contribution in [2.75, 3.05) is 6.26 Å². The molecular formula is C10H17N3O3S. The molecule has 0 unspecified atom stereocenters. The number of nitrogens with one attached hydrogen (secondary N) is 1. The van der Waals surface area contributed by atoms with Gasteiger partial charge < -0.3 is 4.52 Å². The van der Waals surface area contributed by atoms with Crippen LogP contribution in [0, 0.1) is 6.92 Å². The van der Waals surface area contributed by atoms with Crippen molar-refractivity contribution in [1.29, 1.82) is 0 Å². The molecule has 0 bridgehead atoms. The first-order valence-corrected chi connectivity index (χ1v) is 7.60. The Morgan fingerprint density at radius 1 is 1.29 bits per heavy atom. The lowest BCUT2D eigenvalue weighted by Crippen LogP contribution is -2.47. The van der Waals surface area contributed by atoms with E-state index in [4.69, 9.17) is 4.52 Å². The summed E-state index contributed by atoms with van der Waals surface area (Å²) in [5.74, 6) is 0.917. The molecule has 1 heterocycles. The summed E-state index contributed by atoms with van der Waals surface area (Å²) in [6.07, 6.45) is 5.66. The van der Waals surface area contributed by atoms with Gasteiger partial charge in [-0.1, -0.05) is 24.4 Å². The molecule has 0 amide bonds. The first-order chi connectivity index (χ1) is 7.91. The smallest absolute Gasteiger partial charge is 0.223 e. The van der Waals surface area contributed by atoms with Gasteiger partial charge in [0, 0.05) is 6.92 Å². The van der Waals surface area contributed by atoms with Gasteiger partial charge in [-0.2, -0.15) is 4.98 Å². The van der Waals surface area contributed by atoms with Crippen molar-refractivity contribution in [1.82, 2.24) is 14.9 Å². The van der Waals surface area contributed by atoms with Crippen molar-refractivity contribution in [3.05, 3.63) is 11.7 Å². The standard InChI is InChI=1S/C10H17N3O3S/c1-8-11-9(12-16-8)10(13-17(2,14)15)6-4-3-5-7-10/h13H,3-7H2,1-2H3. The molecular weight excluding hydrogens is 242 g/mol. The SMILES string of the molecule is Cc1nc(C2(NS(C)(=O)=O)CCCCC2)no1. The summed E-state index contributed by atoms with van der Waals surface area (Å²) in [5, 5.41) is 3.88. The highest BCUT2D eigenvalue weighted by atomic mass is 32.2. The Morgan fingerprint density at radius 2 is 1.94 bits per heavy atom. The van der Waals surface area contributed by atoms with Crippen molar-refractivity contribution in [3.63, 3.8) is 0 Å². The predicted molar refractivity (Wildman–Crippen MR) is 61.8 cm³/mol. The van der Waals surface area contributed by atoms with Gasteiger partial charge in [-0.25, -0.2) is 13.1 Å². The highest BCUT2D eigenvalue weighted by molar-refractivity contribution is 7.88. The Kier molecular flexibility index (Phi) is 3.22. The third-order valence-electron chi connectivity index (χ3n) is 3.04. The average Bonchev–Trinajstić information content (AvgIpc) is 2.64. The van der Waals surface area contributed by atoms with E-state index in [2.05, 4.69) is 14.9 Å².